The minimum absolute atomic E-state index is 0. The number of nitrogens with zero attached hydrogens (tertiary/aromatic N) is 2. The molecule has 8 rings (SSSR count). The normalized spacial score (nSPS) is 24.5. The van der Waals surface area contributed by atoms with Crippen LogP contribution in [-0.4, -0.2) is 155 Å². The first-order valence-corrected chi connectivity index (χ1v) is 39.1. The van der Waals surface area contributed by atoms with Gasteiger partial charge in [-0.25, -0.2) is 26.4 Å². The van der Waals surface area contributed by atoms with E-state index in [4.69, 9.17) is 26.7 Å². The van der Waals surface area contributed by atoms with Gasteiger partial charge in [-0.1, -0.05) is 28.2 Å². The predicted molar refractivity (Wildman–Crippen MR) is 306 cm³/mol. The van der Waals surface area contributed by atoms with Crippen LogP contribution in [0, 0.1) is 57.7 Å². The van der Waals surface area contributed by atoms with Crippen LogP contribution in [0.25, 0.3) is 0 Å². The number of nitriles is 1. The molecule has 28 heteroatoms. The Bertz CT molecular complexity index is 1910. The Labute approximate surface area is 504 Å². The van der Waals surface area contributed by atoms with Crippen molar-refractivity contribution in [3.63, 3.8) is 0 Å². The fourth-order valence-corrected chi connectivity index (χ4v) is 12.6. The van der Waals surface area contributed by atoms with Gasteiger partial charge in [-0.3, -0.25) is 9.59 Å². The molecule has 18 nitrogen and oxygen atoms in total. The molecule has 0 unspecified atom stereocenters. The summed E-state index contributed by atoms with van der Waals surface area (Å²) in [7, 11) is -11.6. The van der Waals surface area contributed by atoms with Crippen molar-refractivity contribution in [1.82, 2.24) is 4.90 Å². The summed E-state index contributed by atoms with van der Waals surface area (Å²) in [5.74, 6) is -1.31. The van der Waals surface area contributed by atoms with Crippen molar-refractivity contribution in [3.8, 4) is 6.07 Å². The Kier molecular flexibility index (Phi) is 43.2. The van der Waals surface area contributed by atoms with Crippen LogP contribution in [0.4, 0.5) is 17.6 Å². The number of carbonyl (C=O) groups excluding carboxylic acids is 4. The summed E-state index contributed by atoms with van der Waals surface area (Å²) >= 11 is 10.5. The number of quaternary nitrogens is 2. The molecule has 0 radical (unpaired) electrons. The number of aliphatic hydroxyl groups excluding tert-OH is 1. The molecule has 467 valence electrons. The van der Waals surface area contributed by atoms with E-state index < -0.39 is 80.5 Å². The van der Waals surface area contributed by atoms with Crippen LogP contribution in [0.15, 0.2) is 0 Å². The molecule has 0 atom stereocenters. The van der Waals surface area contributed by atoms with Gasteiger partial charge in [-0.15, -0.1) is 0 Å². The van der Waals surface area contributed by atoms with Crippen molar-refractivity contribution in [2.24, 2.45) is 46.3 Å². The molecular weight excluding hydrogens is 1370 g/mol. The summed E-state index contributed by atoms with van der Waals surface area (Å²) in [6.45, 7) is 29.8. The molecule has 0 saturated heterocycles. The van der Waals surface area contributed by atoms with Gasteiger partial charge in [0.05, 0.1) is 57.4 Å². The van der Waals surface area contributed by atoms with Gasteiger partial charge in [-0.2, -0.15) is 22.8 Å². The Hall–Kier alpha value is -0.716. The zero-order chi connectivity index (χ0) is 60.7. The Balaban J connectivity index is -0.000000921. The maximum atomic E-state index is 12.9. The topological polar surface area (TPSA) is 267 Å². The average Bonchev–Trinajstić information content (AvgIpc) is 3.36. The van der Waals surface area contributed by atoms with Gasteiger partial charge in [0.25, 0.3) is 0 Å². The maximum absolute atomic E-state index is 12.9. The SMILES string of the molecule is C.CC#N.CCN(CC)CC.CC[NH+](CC)CC.CC[NH+](CC)CC.O=C(Cl)C12CC3CC(CC(C3)C1)C2.O=C(OCCO)C(F)(F)S(=O)(=O)[O-].O=C(OCCOC(=O)C(F)(F)S(=O)(=O)[O-])C12CC3CC(CC(C3)C1)C2.[I][V][I]. The van der Waals surface area contributed by atoms with Crippen LogP contribution in [-0.2, 0) is 63.1 Å². The molecule has 79 heavy (non-hydrogen) atoms. The molecule has 0 aliphatic heterocycles. The molecule has 0 aromatic heterocycles. The number of ether oxygens (including phenoxy) is 3. The fraction of sp³-hybridized carbons (Fsp3) is 0.902. The number of alkyl halides is 4. The Morgan fingerprint density at radius 2 is 0.861 bits per heavy atom. The van der Waals surface area contributed by atoms with Crippen LogP contribution in [0.1, 0.15) is 154 Å². The van der Waals surface area contributed by atoms with Gasteiger partial charge in [0, 0.05) is 12.3 Å². The molecule has 8 bridgehead atoms. The molecule has 0 amide bonds. The van der Waals surface area contributed by atoms with Crippen LogP contribution in [0.2, 0.25) is 0 Å². The molecule has 8 saturated carbocycles. The first kappa shape index (κ1) is 82.5. The molecular formula is C51H93ClF4I2N4O14S2V. The van der Waals surface area contributed by atoms with Gasteiger partial charge < -0.3 is 43.1 Å². The molecule has 0 heterocycles. The van der Waals surface area contributed by atoms with E-state index in [0.29, 0.717) is 27.2 Å². The molecule has 0 spiro atoms. The van der Waals surface area contributed by atoms with Gasteiger partial charge in [0.2, 0.25) is 5.24 Å². The summed E-state index contributed by atoms with van der Waals surface area (Å²) in [6.07, 6.45) is 13.2. The number of esters is 3. The van der Waals surface area contributed by atoms with E-state index in [-0.39, 0.29) is 18.1 Å². The number of hydrogen-bond donors (Lipinski definition) is 3. The molecule has 8 aliphatic carbocycles. The third-order valence-corrected chi connectivity index (χ3v) is 17.2. The average molecular weight is 1470 g/mol. The van der Waals surface area contributed by atoms with Gasteiger partial charge in [-0.05, 0) is 185 Å². The number of rotatable bonds is 20. The number of nitrogens with one attached hydrogen (secondary N) is 2. The first-order chi connectivity index (χ1) is 36.3. The molecule has 0 aromatic carbocycles. The van der Waals surface area contributed by atoms with Crippen LogP contribution >= 0.6 is 51.6 Å². The summed E-state index contributed by atoms with van der Waals surface area (Å²) in [4.78, 5) is 50.8. The monoisotopic (exact) mass is 1470 g/mol. The summed E-state index contributed by atoms with van der Waals surface area (Å²) in [5.41, 5.74) is -0.600. The molecule has 8 fully saturated rings. The third-order valence-electron chi connectivity index (χ3n) is 15.2. The number of carbonyl (C=O) groups is 4. The van der Waals surface area contributed by atoms with E-state index in [1.165, 1.54) is 85.1 Å². The number of hydrogen-bond acceptors (Lipinski definition) is 16. The minimum atomic E-state index is -6.15. The third kappa shape index (κ3) is 28.4. The van der Waals surface area contributed by atoms with E-state index in [0.717, 1.165) is 75.5 Å². The van der Waals surface area contributed by atoms with E-state index in [1.54, 1.807) is 15.9 Å². The number of halogens is 7. The quantitative estimate of drug-likeness (QED) is 0.0207. The molecule has 8 aliphatic rings. The Morgan fingerprint density at radius 1 is 0.620 bits per heavy atom. The summed E-state index contributed by atoms with van der Waals surface area (Å²) < 4.78 is 123. The van der Waals surface area contributed by atoms with E-state index in [2.05, 4.69) is 117 Å². The van der Waals surface area contributed by atoms with Crippen molar-refractivity contribution >= 4 is 94.9 Å². The zero-order valence-corrected chi connectivity index (χ0v) is 55.3. The summed E-state index contributed by atoms with van der Waals surface area (Å²) in [6, 6.07) is 1.75. The summed E-state index contributed by atoms with van der Waals surface area (Å²) in [5, 5.41) is 5.05. The second-order valence-electron chi connectivity index (χ2n) is 20.3. The van der Waals surface area contributed by atoms with Gasteiger partial charge >= 0.3 is 77.8 Å². The van der Waals surface area contributed by atoms with E-state index in [1.807, 2.05) is 0 Å². The second kappa shape index (κ2) is 41.4. The van der Waals surface area contributed by atoms with Crippen LogP contribution in [0.3, 0.4) is 0 Å². The van der Waals surface area contributed by atoms with Crippen molar-refractivity contribution in [1.29, 1.82) is 5.26 Å². The molecule has 3 N–H and O–H groups in total. The van der Waals surface area contributed by atoms with Crippen molar-refractivity contribution < 1.29 is 101 Å². The number of aliphatic hydroxyl groups is 1. The van der Waals surface area contributed by atoms with Crippen molar-refractivity contribution in [2.75, 3.05) is 85.3 Å². The van der Waals surface area contributed by atoms with E-state index >= 15 is 0 Å². The second-order valence-corrected chi connectivity index (χ2v) is 35.2. The van der Waals surface area contributed by atoms with Gasteiger partial charge in [0.1, 0.15) is 19.8 Å². The van der Waals surface area contributed by atoms with Crippen LogP contribution in [0.5, 0.6) is 0 Å². The van der Waals surface area contributed by atoms with Crippen molar-refractivity contribution in [2.45, 2.75) is 164 Å². The van der Waals surface area contributed by atoms with E-state index in [9.17, 15) is 62.7 Å². The van der Waals surface area contributed by atoms with Crippen molar-refractivity contribution in [3.05, 3.63) is 0 Å². The molecule has 0 aromatic rings. The standard InChI is InChI=1S/C15H20F2O7S.C11H15ClO.3C6H15N.C4H6F2O6S.C2H3N.CH4.2HI.V/c16-15(17,25(20,21)22)13(19)24-2-1-23-12(18)14-6-9-3-10(7-14)5-11(4-9)8-14;12-10(13)11-4-7-1-8(5-11)3-9(2-7)6-11;3*1-4-7(5-2)6-3;5-4(6,13(9,10)11)3(8)12-2-1-7;1-2-3;;;;/h9-11H,1-8H2,(H,20,21,22);7-9H,1-6H2;3*4-6H2,1-3H3;7H,1-2H2,(H,9,10,11);1H3;1H4;2*1H;/q;;;;;;;;;;+2/p-2. The van der Waals surface area contributed by atoms with Gasteiger partial charge in [0.15, 0.2) is 20.2 Å². The first-order valence-electron chi connectivity index (χ1n) is 26.9. The van der Waals surface area contributed by atoms with Crippen LogP contribution < -0.4 is 9.80 Å². The zero-order valence-electron chi connectivity index (χ0n) is 47.2. The Morgan fingerprint density at radius 3 is 1.05 bits per heavy atom. The predicted octanol–water partition coefficient (Wildman–Crippen LogP) is 7.20. The fourth-order valence-electron chi connectivity index (χ4n) is 11.8.